The van der Waals surface area contributed by atoms with Crippen LogP contribution in [0.25, 0.3) is 0 Å². The lowest BCUT2D eigenvalue weighted by atomic mass is 10.1. The zero-order valence-corrected chi connectivity index (χ0v) is 17.2. The van der Waals surface area contributed by atoms with Crippen molar-refractivity contribution in [2.45, 2.75) is 66.6 Å². The smallest absolute Gasteiger partial charge is 0.306 e. The summed E-state index contributed by atoms with van der Waals surface area (Å²) in [6.45, 7) is 5.03. The molecule has 0 aliphatic rings. The van der Waals surface area contributed by atoms with Crippen molar-refractivity contribution in [3.8, 4) is 0 Å². The van der Waals surface area contributed by atoms with Crippen LogP contribution in [0.4, 0.5) is 0 Å². The van der Waals surface area contributed by atoms with Crippen LogP contribution >= 0.6 is 45.2 Å². The molecule has 0 saturated carbocycles. The summed E-state index contributed by atoms with van der Waals surface area (Å²) in [6, 6.07) is 0. The molecule has 0 aromatic rings. The number of esters is 2. The largest absolute Gasteiger partial charge is 0.466 e. The molecule has 0 aliphatic heterocycles. The fourth-order valence-electron chi connectivity index (χ4n) is 1.68. The van der Waals surface area contributed by atoms with E-state index in [1.54, 1.807) is 0 Å². The van der Waals surface area contributed by atoms with Gasteiger partial charge in [0.25, 0.3) is 0 Å². The summed E-state index contributed by atoms with van der Waals surface area (Å²) in [6.07, 6.45) is 5.97. The highest BCUT2D eigenvalue weighted by Crippen LogP contribution is 2.08. The number of rotatable bonds is 12. The van der Waals surface area contributed by atoms with Gasteiger partial charge in [-0.2, -0.15) is 0 Å². The van der Waals surface area contributed by atoms with Crippen molar-refractivity contribution in [3.63, 3.8) is 0 Å². The Balaban J connectivity index is 3.26. The maximum Gasteiger partial charge on any atom is 0.306 e. The Morgan fingerprint density at radius 1 is 0.762 bits per heavy atom. The second-order valence-electron chi connectivity index (χ2n) is 5.18. The van der Waals surface area contributed by atoms with Gasteiger partial charge >= 0.3 is 11.9 Å². The second kappa shape index (κ2) is 14.0. The first-order chi connectivity index (χ1) is 9.91. The summed E-state index contributed by atoms with van der Waals surface area (Å²) in [4.78, 5) is 22.6. The molecule has 0 bridgehead atoms. The molecule has 124 valence electrons. The van der Waals surface area contributed by atoms with Gasteiger partial charge in [-0.25, -0.2) is 0 Å². The average molecular weight is 524 g/mol. The standard InChI is InChI=1S/C15H26I2O4/c1-12(16)10-14(18)20-8-6-4-3-5-7-9-21-15(19)11-13(2)17/h12-13H,3-11H2,1-2H3. The van der Waals surface area contributed by atoms with E-state index in [2.05, 4.69) is 45.2 Å². The number of carbonyl (C=O) groups excluding carboxylic acids is 2. The molecule has 0 aromatic heterocycles. The Labute approximate surface area is 155 Å². The van der Waals surface area contributed by atoms with Crippen molar-refractivity contribution in [2.75, 3.05) is 13.2 Å². The molecule has 0 spiro atoms. The van der Waals surface area contributed by atoms with E-state index in [1.807, 2.05) is 13.8 Å². The zero-order chi connectivity index (χ0) is 16.1. The SMILES string of the molecule is CC(I)CC(=O)OCCCCCCCOC(=O)CC(C)I. The van der Waals surface area contributed by atoms with Crippen LogP contribution in [-0.2, 0) is 19.1 Å². The Morgan fingerprint density at radius 2 is 1.10 bits per heavy atom. The minimum atomic E-state index is -0.103. The Hall–Kier alpha value is 0.400. The normalized spacial score (nSPS) is 13.5. The van der Waals surface area contributed by atoms with Gasteiger partial charge in [-0.05, 0) is 12.8 Å². The van der Waals surface area contributed by atoms with Gasteiger partial charge in [0.2, 0.25) is 0 Å². The van der Waals surface area contributed by atoms with Crippen molar-refractivity contribution >= 4 is 57.1 Å². The van der Waals surface area contributed by atoms with E-state index in [0.717, 1.165) is 32.1 Å². The fraction of sp³-hybridized carbons (Fsp3) is 0.867. The zero-order valence-electron chi connectivity index (χ0n) is 12.9. The molecule has 0 fully saturated rings. The van der Waals surface area contributed by atoms with Crippen LogP contribution in [0, 0.1) is 0 Å². The average Bonchev–Trinajstić information content (AvgIpc) is 2.34. The Morgan fingerprint density at radius 3 is 1.43 bits per heavy atom. The summed E-state index contributed by atoms with van der Waals surface area (Å²) in [5, 5.41) is 0. The first-order valence-electron chi connectivity index (χ1n) is 7.51. The van der Waals surface area contributed by atoms with Crippen molar-refractivity contribution in [1.82, 2.24) is 0 Å². The van der Waals surface area contributed by atoms with E-state index in [-0.39, 0.29) is 11.9 Å². The van der Waals surface area contributed by atoms with Gasteiger partial charge in [0.1, 0.15) is 0 Å². The lowest BCUT2D eigenvalue weighted by Crippen LogP contribution is -2.10. The van der Waals surface area contributed by atoms with Crippen LogP contribution in [0.1, 0.15) is 58.8 Å². The maximum atomic E-state index is 11.3. The predicted molar refractivity (Wildman–Crippen MR) is 101 cm³/mol. The number of carbonyl (C=O) groups is 2. The third-order valence-electron chi connectivity index (χ3n) is 2.71. The number of unbranched alkanes of at least 4 members (excludes halogenated alkanes) is 4. The van der Waals surface area contributed by atoms with Gasteiger partial charge in [-0.3, -0.25) is 9.59 Å². The van der Waals surface area contributed by atoms with Crippen LogP contribution in [0.3, 0.4) is 0 Å². The van der Waals surface area contributed by atoms with Crippen LogP contribution in [-0.4, -0.2) is 33.0 Å². The fourth-order valence-corrected chi connectivity index (χ4v) is 2.40. The number of alkyl halides is 2. The summed E-state index contributed by atoms with van der Waals surface area (Å²) >= 11 is 4.44. The maximum absolute atomic E-state index is 11.3. The number of ether oxygens (including phenoxy) is 2. The van der Waals surface area contributed by atoms with Crippen LogP contribution in [0.2, 0.25) is 0 Å². The van der Waals surface area contributed by atoms with Crippen molar-refractivity contribution in [1.29, 1.82) is 0 Å². The predicted octanol–water partition coefficient (Wildman–Crippen LogP) is 4.45. The van der Waals surface area contributed by atoms with Crippen LogP contribution < -0.4 is 0 Å². The number of hydrogen-bond acceptors (Lipinski definition) is 4. The molecule has 0 aliphatic carbocycles. The third-order valence-corrected chi connectivity index (χ3v) is 3.59. The van der Waals surface area contributed by atoms with E-state index >= 15 is 0 Å². The molecule has 0 radical (unpaired) electrons. The van der Waals surface area contributed by atoms with Gasteiger partial charge in [-0.1, -0.05) is 78.3 Å². The summed E-state index contributed by atoms with van der Waals surface area (Å²) < 4.78 is 10.9. The highest BCUT2D eigenvalue weighted by molar-refractivity contribution is 14.1. The molecule has 0 saturated heterocycles. The number of hydrogen-bond donors (Lipinski definition) is 0. The minimum absolute atomic E-state index is 0.103. The molecule has 4 nitrogen and oxygen atoms in total. The molecule has 0 amide bonds. The highest BCUT2D eigenvalue weighted by atomic mass is 127. The highest BCUT2D eigenvalue weighted by Gasteiger charge is 2.07. The monoisotopic (exact) mass is 524 g/mol. The molecular formula is C15H26I2O4. The minimum Gasteiger partial charge on any atom is -0.466 e. The first-order valence-corrected chi connectivity index (χ1v) is 10.00. The number of halogens is 2. The van der Waals surface area contributed by atoms with Gasteiger partial charge in [0, 0.05) is 7.85 Å². The quantitative estimate of drug-likeness (QED) is 0.164. The molecule has 0 rings (SSSR count). The molecule has 0 heterocycles. The summed E-state index contributed by atoms with van der Waals surface area (Å²) in [5.74, 6) is -0.207. The van der Waals surface area contributed by atoms with Crippen molar-refractivity contribution in [2.24, 2.45) is 0 Å². The van der Waals surface area contributed by atoms with Gasteiger partial charge < -0.3 is 9.47 Å². The molecular weight excluding hydrogens is 498 g/mol. The van der Waals surface area contributed by atoms with Crippen LogP contribution in [0.15, 0.2) is 0 Å². The van der Waals surface area contributed by atoms with E-state index in [1.165, 1.54) is 0 Å². The second-order valence-corrected chi connectivity index (χ2v) is 9.43. The summed E-state index contributed by atoms with van der Waals surface area (Å²) in [7, 11) is 0. The van der Waals surface area contributed by atoms with E-state index < -0.39 is 0 Å². The van der Waals surface area contributed by atoms with E-state index in [0.29, 0.717) is 33.9 Å². The summed E-state index contributed by atoms with van der Waals surface area (Å²) in [5.41, 5.74) is 0. The first kappa shape index (κ1) is 21.4. The Bertz CT molecular complexity index is 265. The molecule has 2 atom stereocenters. The van der Waals surface area contributed by atoms with Gasteiger partial charge in [0.15, 0.2) is 0 Å². The molecule has 2 unspecified atom stereocenters. The van der Waals surface area contributed by atoms with E-state index in [4.69, 9.17) is 9.47 Å². The Kier molecular flexibility index (Phi) is 14.3. The third kappa shape index (κ3) is 16.6. The topological polar surface area (TPSA) is 52.6 Å². The molecule has 6 heteroatoms. The van der Waals surface area contributed by atoms with Crippen molar-refractivity contribution < 1.29 is 19.1 Å². The molecule has 0 N–H and O–H groups in total. The van der Waals surface area contributed by atoms with E-state index in [9.17, 15) is 9.59 Å². The van der Waals surface area contributed by atoms with Crippen molar-refractivity contribution in [3.05, 3.63) is 0 Å². The molecule has 21 heavy (non-hydrogen) atoms. The van der Waals surface area contributed by atoms with Gasteiger partial charge in [-0.15, -0.1) is 0 Å². The lowest BCUT2D eigenvalue weighted by molar-refractivity contribution is -0.144. The molecule has 0 aromatic carbocycles. The van der Waals surface area contributed by atoms with Gasteiger partial charge in [0.05, 0.1) is 26.1 Å². The lowest BCUT2D eigenvalue weighted by Gasteiger charge is -2.07. The van der Waals surface area contributed by atoms with Crippen LogP contribution in [0.5, 0.6) is 0 Å².